The molecule has 1 fully saturated rings. The van der Waals surface area contributed by atoms with Gasteiger partial charge in [-0.2, -0.15) is 0 Å². The summed E-state index contributed by atoms with van der Waals surface area (Å²) in [6.45, 7) is 2.96. The van der Waals surface area contributed by atoms with Gasteiger partial charge in [-0.25, -0.2) is 0 Å². The van der Waals surface area contributed by atoms with E-state index in [4.69, 9.17) is 5.73 Å². The van der Waals surface area contributed by atoms with Crippen molar-refractivity contribution in [2.75, 3.05) is 19.6 Å². The molecule has 18 heavy (non-hydrogen) atoms. The first-order valence-electron chi connectivity index (χ1n) is 6.47. The minimum Gasteiger partial charge on any atom is -0.316 e. The molecule has 0 spiro atoms. The molecule has 0 radical (unpaired) electrons. The van der Waals surface area contributed by atoms with Gasteiger partial charge in [-0.05, 0) is 31.5 Å². The van der Waals surface area contributed by atoms with E-state index in [1.165, 1.54) is 5.56 Å². The number of hydrogen-bond donors (Lipinski definition) is 2. The molecule has 3 N–H and O–H groups in total. The van der Waals surface area contributed by atoms with Gasteiger partial charge >= 0.3 is 0 Å². The molecule has 1 aliphatic heterocycles. The van der Waals surface area contributed by atoms with Crippen LogP contribution in [0.1, 0.15) is 18.4 Å². The van der Waals surface area contributed by atoms with Crippen molar-refractivity contribution in [3.8, 4) is 0 Å². The van der Waals surface area contributed by atoms with Crippen LogP contribution in [0.2, 0.25) is 0 Å². The van der Waals surface area contributed by atoms with Crippen molar-refractivity contribution in [3.05, 3.63) is 35.9 Å². The molecular weight excluding hydrogens is 226 g/mol. The molecule has 0 atom stereocenters. The molecular formula is C14H21N3O. The molecule has 4 heteroatoms. The van der Waals surface area contributed by atoms with Crippen LogP contribution >= 0.6 is 0 Å². The van der Waals surface area contributed by atoms with Crippen LogP contribution in [0.3, 0.4) is 0 Å². The Kier molecular flexibility index (Phi) is 4.47. The quantitative estimate of drug-likeness (QED) is 0.595. The fraction of sp³-hybridized carbons (Fsp3) is 0.500. The Labute approximate surface area is 108 Å². The molecule has 0 saturated carbocycles. The Balaban J connectivity index is 2.09. The van der Waals surface area contributed by atoms with Crippen molar-refractivity contribution in [3.63, 3.8) is 0 Å². The van der Waals surface area contributed by atoms with Gasteiger partial charge in [0.05, 0.1) is 12.2 Å². The van der Waals surface area contributed by atoms with Gasteiger partial charge < -0.3 is 15.8 Å². The number of benzene rings is 1. The van der Waals surface area contributed by atoms with Gasteiger partial charge in [0.25, 0.3) is 0 Å². The summed E-state index contributed by atoms with van der Waals surface area (Å²) in [4.78, 5) is 13.0. The van der Waals surface area contributed by atoms with E-state index in [2.05, 4.69) is 22.3 Å². The lowest BCUT2D eigenvalue weighted by molar-refractivity contribution is -0.111. The molecule has 0 aliphatic carbocycles. The highest BCUT2D eigenvalue weighted by Crippen LogP contribution is 2.22. The molecule has 1 aromatic carbocycles. The molecule has 0 unspecified atom stereocenters. The molecule has 2 rings (SSSR count). The Morgan fingerprint density at radius 3 is 2.56 bits per heavy atom. The van der Waals surface area contributed by atoms with E-state index in [1.54, 1.807) is 0 Å². The van der Waals surface area contributed by atoms with Crippen LogP contribution in [-0.2, 0) is 11.3 Å². The third-order valence-electron chi connectivity index (χ3n) is 3.61. The summed E-state index contributed by atoms with van der Waals surface area (Å²) in [5.41, 5.74) is 7.30. The lowest BCUT2D eigenvalue weighted by atomic mass is 9.96. The summed E-state index contributed by atoms with van der Waals surface area (Å²) < 4.78 is 0. The maximum Gasteiger partial charge on any atom is 0.134 e. The minimum absolute atomic E-state index is 0.359. The molecule has 1 aromatic rings. The number of nitrogens with two attached hydrogens (primary N) is 1. The normalized spacial score (nSPS) is 18.8. The van der Waals surface area contributed by atoms with E-state index >= 15 is 0 Å². The summed E-state index contributed by atoms with van der Waals surface area (Å²) in [5.74, 6) is 0. The summed E-state index contributed by atoms with van der Waals surface area (Å²) >= 11 is 0. The third-order valence-corrected chi connectivity index (χ3v) is 3.61. The summed E-state index contributed by atoms with van der Waals surface area (Å²) in [7, 11) is 0. The topological polar surface area (TPSA) is 58.4 Å². The van der Waals surface area contributed by atoms with Gasteiger partial charge in [0.1, 0.15) is 6.29 Å². The highest BCUT2D eigenvalue weighted by Gasteiger charge is 2.33. The first-order chi connectivity index (χ1) is 8.74. The second kappa shape index (κ2) is 6.09. The van der Waals surface area contributed by atoms with Crippen LogP contribution in [-0.4, -0.2) is 36.5 Å². The standard InChI is InChI=1S/C14H21N3O/c15-14(6-8-16-9-7-14)17(10-11-18)12-13-4-2-1-3-5-13/h1-5,11,16H,6-10,12,15H2. The Bertz CT molecular complexity index is 374. The fourth-order valence-electron chi connectivity index (χ4n) is 2.47. The average Bonchev–Trinajstić information content (AvgIpc) is 2.40. The van der Waals surface area contributed by atoms with Crippen molar-refractivity contribution in [1.82, 2.24) is 10.2 Å². The summed E-state index contributed by atoms with van der Waals surface area (Å²) in [5, 5.41) is 3.31. The lowest BCUT2D eigenvalue weighted by Gasteiger charge is -2.43. The van der Waals surface area contributed by atoms with Crippen molar-refractivity contribution < 1.29 is 4.79 Å². The number of rotatable bonds is 5. The fourth-order valence-corrected chi connectivity index (χ4v) is 2.47. The molecule has 0 aromatic heterocycles. The van der Waals surface area contributed by atoms with E-state index in [1.807, 2.05) is 18.2 Å². The van der Waals surface area contributed by atoms with Gasteiger partial charge in [-0.15, -0.1) is 0 Å². The zero-order valence-corrected chi connectivity index (χ0v) is 10.6. The minimum atomic E-state index is -0.359. The van der Waals surface area contributed by atoms with E-state index in [9.17, 15) is 4.79 Å². The molecule has 0 amide bonds. The number of piperidine rings is 1. The maximum atomic E-state index is 10.9. The summed E-state index contributed by atoms with van der Waals surface area (Å²) in [6.07, 6.45) is 2.71. The first-order valence-corrected chi connectivity index (χ1v) is 6.47. The number of hydrogen-bond acceptors (Lipinski definition) is 4. The van der Waals surface area contributed by atoms with Gasteiger partial charge in [0.2, 0.25) is 0 Å². The predicted molar refractivity (Wildman–Crippen MR) is 71.9 cm³/mol. The number of carbonyl (C=O) groups excluding carboxylic acids is 1. The second-order valence-electron chi connectivity index (χ2n) is 4.89. The van der Waals surface area contributed by atoms with E-state index in [0.29, 0.717) is 6.54 Å². The van der Waals surface area contributed by atoms with Gasteiger partial charge in [-0.1, -0.05) is 30.3 Å². The molecule has 1 heterocycles. The highest BCUT2D eigenvalue weighted by molar-refractivity contribution is 5.52. The van der Waals surface area contributed by atoms with Crippen LogP contribution < -0.4 is 11.1 Å². The van der Waals surface area contributed by atoms with Crippen LogP contribution in [0.5, 0.6) is 0 Å². The van der Waals surface area contributed by atoms with Crippen molar-refractivity contribution in [1.29, 1.82) is 0 Å². The number of aldehydes is 1. The van der Waals surface area contributed by atoms with Crippen molar-refractivity contribution in [2.24, 2.45) is 5.73 Å². The van der Waals surface area contributed by atoms with Crippen molar-refractivity contribution in [2.45, 2.75) is 25.0 Å². The Hall–Kier alpha value is -1.23. The van der Waals surface area contributed by atoms with Crippen molar-refractivity contribution >= 4 is 6.29 Å². The number of nitrogens with one attached hydrogen (secondary N) is 1. The lowest BCUT2D eigenvalue weighted by Crippen LogP contribution is -2.60. The van der Waals surface area contributed by atoms with Crippen LogP contribution in [0.25, 0.3) is 0 Å². The monoisotopic (exact) mass is 247 g/mol. The predicted octanol–water partition coefficient (Wildman–Crippen LogP) is 0.726. The van der Waals surface area contributed by atoms with Crippen LogP contribution in [0.15, 0.2) is 30.3 Å². The third kappa shape index (κ3) is 3.16. The average molecular weight is 247 g/mol. The van der Waals surface area contributed by atoms with Crippen LogP contribution in [0, 0.1) is 0 Å². The molecule has 1 saturated heterocycles. The van der Waals surface area contributed by atoms with Gasteiger partial charge in [0.15, 0.2) is 0 Å². The Morgan fingerprint density at radius 2 is 1.94 bits per heavy atom. The zero-order valence-electron chi connectivity index (χ0n) is 10.6. The van der Waals surface area contributed by atoms with Crippen LogP contribution in [0.4, 0.5) is 0 Å². The second-order valence-corrected chi connectivity index (χ2v) is 4.89. The van der Waals surface area contributed by atoms with Gasteiger partial charge in [-0.3, -0.25) is 4.90 Å². The highest BCUT2D eigenvalue weighted by atomic mass is 16.1. The maximum absolute atomic E-state index is 10.9. The summed E-state index contributed by atoms with van der Waals surface area (Å²) in [6, 6.07) is 10.2. The molecule has 4 nitrogen and oxygen atoms in total. The van der Waals surface area contributed by atoms with E-state index in [0.717, 1.165) is 38.8 Å². The Morgan fingerprint density at radius 1 is 1.28 bits per heavy atom. The molecule has 0 bridgehead atoms. The zero-order chi connectivity index (χ0) is 12.8. The first kappa shape index (κ1) is 13.2. The number of carbonyl (C=O) groups is 1. The van der Waals surface area contributed by atoms with E-state index < -0.39 is 0 Å². The molecule has 98 valence electrons. The molecule has 1 aliphatic rings. The van der Waals surface area contributed by atoms with E-state index in [-0.39, 0.29) is 5.66 Å². The SMILES string of the molecule is NC1(N(CC=O)Cc2ccccc2)CCNCC1. The smallest absolute Gasteiger partial charge is 0.134 e. The largest absolute Gasteiger partial charge is 0.316 e. The number of nitrogens with zero attached hydrogens (tertiary/aromatic N) is 1. The van der Waals surface area contributed by atoms with Gasteiger partial charge in [0, 0.05) is 6.54 Å².